The van der Waals surface area contributed by atoms with E-state index >= 15 is 0 Å². The van der Waals surface area contributed by atoms with Gasteiger partial charge in [0.2, 0.25) is 0 Å². The number of hydrogen-bond acceptors (Lipinski definition) is 1. The van der Waals surface area contributed by atoms with Crippen molar-refractivity contribution in [1.82, 2.24) is 4.98 Å². The fraction of sp³-hybridized carbons (Fsp3) is 0. The highest BCUT2D eigenvalue weighted by Gasteiger charge is 2.03. The Bertz CT molecular complexity index is 457. The summed E-state index contributed by atoms with van der Waals surface area (Å²) in [5.74, 6) is 0. The van der Waals surface area contributed by atoms with Crippen LogP contribution in [-0.4, -0.2) is 4.98 Å². The number of rotatable bonds is 1. The van der Waals surface area contributed by atoms with Crippen LogP contribution in [0.4, 0.5) is 0 Å². The Morgan fingerprint density at radius 2 is 2.00 bits per heavy atom. The van der Waals surface area contributed by atoms with E-state index in [1.807, 2.05) is 36.4 Å². The van der Waals surface area contributed by atoms with Crippen molar-refractivity contribution in [3.8, 4) is 11.3 Å². The van der Waals surface area contributed by atoms with Gasteiger partial charge in [0.15, 0.2) is 0 Å². The first kappa shape index (κ1) is 9.69. The van der Waals surface area contributed by atoms with E-state index < -0.39 is 0 Å². The molecule has 0 saturated heterocycles. The zero-order valence-electron chi connectivity index (χ0n) is 7.24. The third-order valence-corrected chi connectivity index (χ3v) is 2.73. The van der Waals surface area contributed by atoms with Crippen LogP contribution in [0.1, 0.15) is 0 Å². The van der Waals surface area contributed by atoms with E-state index in [4.69, 9.17) is 11.6 Å². The van der Waals surface area contributed by atoms with Gasteiger partial charge >= 0.3 is 0 Å². The van der Waals surface area contributed by atoms with Crippen LogP contribution in [0.5, 0.6) is 0 Å². The van der Waals surface area contributed by atoms with Crippen molar-refractivity contribution in [3.05, 3.63) is 52.1 Å². The van der Waals surface area contributed by atoms with Crippen LogP contribution < -0.4 is 0 Å². The molecule has 0 saturated carbocycles. The highest BCUT2D eigenvalue weighted by atomic mass is 79.9. The quantitative estimate of drug-likeness (QED) is 0.756. The Morgan fingerprint density at radius 1 is 1.14 bits per heavy atom. The smallest absolute Gasteiger partial charge is 0.0844 e. The van der Waals surface area contributed by atoms with Crippen molar-refractivity contribution >= 4 is 27.5 Å². The summed E-state index contributed by atoms with van der Waals surface area (Å²) < 4.78 is 0.974. The number of halogens is 2. The van der Waals surface area contributed by atoms with Crippen LogP contribution in [-0.2, 0) is 0 Å². The van der Waals surface area contributed by atoms with Crippen molar-refractivity contribution in [3.63, 3.8) is 0 Å². The van der Waals surface area contributed by atoms with Crippen LogP contribution in [0.3, 0.4) is 0 Å². The number of hydrogen-bond donors (Lipinski definition) is 0. The number of nitrogens with zero attached hydrogens (tertiary/aromatic N) is 1. The molecule has 0 fully saturated rings. The summed E-state index contributed by atoms with van der Waals surface area (Å²) in [6.45, 7) is 0. The molecule has 1 aromatic carbocycles. The molecule has 0 bridgehead atoms. The van der Waals surface area contributed by atoms with Gasteiger partial charge < -0.3 is 0 Å². The molecule has 0 aliphatic rings. The molecular weight excluding hydrogens is 261 g/mol. The fourth-order valence-corrected chi connectivity index (χ4v) is 1.91. The van der Waals surface area contributed by atoms with E-state index in [0.29, 0.717) is 0 Å². The molecule has 0 unspecified atom stereocenters. The second-order valence-corrected chi connectivity index (χ2v) is 4.13. The molecular formula is C11H7BrClN. The Hall–Kier alpha value is -0.860. The summed E-state index contributed by atoms with van der Waals surface area (Å²) in [5.41, 5.74) is 1.93. The Balaban J connectivity index is 2.55. The fourth-order valence-electron chi connectivity index (χ4n) is 1.23. The molecule has 3 heteroatoms. The largest absolute Gasteiger partial charge is 0.255 e. The van der Waals surface area contributed by atoms with Crippen LogP contribution in [0.2, 0.25) is 5.02 Å². The first-order valence-electron chi connectivity index (χ1n) is 4.14. The Kier molecular flexibility index (Phi) is 2.85. The van der Waals surface area contributed by atoms with Gasteiger partial charge in [-0.1, -0.05) is 23.7 Å². The lowest BCUT2D eigenvalue weighted by Crippen LogP contribution is -1.83. The molecule has 0 atom stereocenters. The van der Waals surface area contributed by atoms with E-state index in [1.165, 1.54) is 0 Å². The van der Waals surface area contributed by atoms with Gasteiger partial charge in [0.05, 0.1) is 5.69 Å². The van der Waals surface area contributed by atoms with Gasteiger partial charge in [0.25, 0.3) is 0 Å². The molecule has 14 heavy (non-hydrogen) atoms. The predicted molar refractivity (Wildman–Crippen MR) is 62.4 cm³/mol. The molecule has 1 heterocycles. The maximum atomic E-state index is 5.90. The summed E-state index contributed by atoms with van der Waals surface area (Å²) in [7, 11) is 0. The molecule has 0 radical (unpaired) electrons. The van der Waals surface area contributed by atoms with Crippen molar-refractivity contribution in [2.45, 2.75) is 0 Å². The molecule has 1 aromatic heterocycles. The normalized spacial score (nSPS) is 10.1. The molecule has 2 aromatic rings. The minimum atomic E-state index is 0.722. The summed E-state index contributed by atoms with van der Waals surface area (Å²) in [5, 5.41) is 0.722. The highest BCUT2D eigenvalue weighted by molar-refractivity contribution is 9.10. The first-order chi connectivity index (χ1) is 6.77. The molecule has 2 rings (SSSR count). The van der Waals surface area contributed by atoms with E-state index in [0.717, 1.165) is 20.8 Å². The van der Waals surface area contributed by atoms with E-state index in [9.17, 15) is 0 Å². The van der Waals surface area contributed by atoms with Crippen molar-refractivity contribution < 1.29 is 0 Å². The second kappa shape index (κ2) is 4.11. The van der Waals surface area contributed by atoms with Gasteiger partial charge in [0, 0.05) is 21.3 Å². The average molecular weight is 269 g/mol. The summed E-state index contributed by atoms with van der Waals surface area (Å²) >= 11 is 9.36. The summed E-state index contributed by atoms with van der Waals surface area (Å²) in [6.07, 6.45) is 1.76. The van der Waals surface area contributed by atoms with Gasteiger partial charge in [-0.05, 0) is 40.2 Å². The molecule has 0 spiro atoms. The maximum Gasteiger partial charge on any atom is 0.0844 e. The molecule has 0 amide bonds. The standard InChI is InChI=1S/C11H7BrClN/c12-10-5-2-6-14-11(10)8-3-1-4-9(13)7-8/h1-7H. The molecule has 0 aliphatic heterocycles. The topological polar surface area (TPSA) is 12.9 Å². The lowest BCUT2D eigenvalue weighted by atomic mass is 10.1. The van der Waals surface area contributed by atoms with E-state index in [-0.39, 0.29) is 0 Å². The Labute approximate surface area is 95.9 Å². The minimum absolute atomic E-state index is 0.722. The van der Waals surface area contributed by atoms with Crippen LogP contribution >= 0.6 is 27.5 Å². The maximum absolute atomic E-state index is 5.90. The number of pyridine rings is 1. The first-order valence-corrected chi connectivity index (χ1v) is 5.31. The molecule has 0 aliphatic carbocycles. The summed E-state index contributed by atoms with van der Waals surface area (Å²) in [6, 6.07) is 11.5. The lowest BCUT2D eigenvalue weighted by Gasteiger charge is -2.02. The SMILES string of the molecule is Clc1cccc(-c2ncccc2Br)c1. The minimum Gasteiger partial charge on any atom is -0.255 e. The van der Waals surface area contributed by atoms with E-state index in [2.05, 4.69) is 20.9 Å². The molecule has 70 valence electrons. The van der Waals surface area contributed by atoms with Crippen molar-refractivity contribution in [2.75, 3.05) is 0 Å². The average Bonchev–Trinajstić information content (AvgIpc) is 2.18. The third-order valence-electron chi connectivity index (χ3n) is 1.86. The van der Waals surface area contributed by atoms with Crippen LogP contribution in [0.15, 0.2) is 47.1 Å². The van der Waals surface area contributed by atoms with Gasteiger partial charge in [-0.3, -0.25) is 4.98 Å². The zero-order valence-corrected chi connectivity index (χ0v) is 9.59. The predicted octanol–water partition coefficient (Wildman–Crippen LogP) is 4.16. The van der Waals surface area contributed by atoms with Crippen LogP contribution in [0.25, 0.3) is 11.3 Å². The molecule has 0 N–H and O–H groups in total. The van der Waals surface area contributed by atoms with E-state index in [1.54, 1.807) is 6.20 Å². The number of aromatic nitrogens is 1. The third kappa shape index (κ3) is 1.97. The van der Waals surface area contributed by atoms with Gasteiger partial charge in [-0.25, -0.2) is 0 Å². The van der Waals surface area contributed by atoms with Crippen molar-refractivity contribution in [1.29, 1.82) is 0 Å². The van der Waals surface area contributed by atoms with Crippen LogP contribution in [0, 0.1) is 0 Å². The van der Waals surface area contributed by atoms with Crippen molar-refractivity contribution in [2.24, 2.45) is 0 Å². The van der Waals surface area contributed by atoms with Gasteiger partial charge in [0.1, 0.15) is 0 Å². The summed E-state index contributed by atoms with van der Waals surface area (Å²) in [4.78, 5) is 4.28. The lowest BCUT2D eigenvalue weighted by molar-refractivity contribution is 1.31. The highest BCUT2D eigenvalue weighted by Crippen LogP contribution is 2.27. The zero-order chi connectivity index (χ0) is 9.97. The van der Waals surface area contributed by atoms with Gasteiger partial charge in [-0.15, -0.1) is 0 Å². The Morgan fingerprint density at radius 3 is 2.71 bits per heavy atom. The second-order valence-electron chi connectivity index (χ2n) is 2.84. The monoisotopic (exact) mass is 267 g/mol. The van der Waals surface area contributed by atoms with Gasteiger partial charge in [-0.2, -0.15) is 0 Å². The molecule has 1 nitrogen and oxygen atoms in total. The number of benzene rings is 1.